The minimum atomic E-state index is -3.47. The maximum Gasteiger partial charge on any atom is 0.306 e. The van der Waals surface area contributed by atoms with Crippen LogP contribution in [-0.2, 0) is 26.0 Å². The van der Waals surface area contributed by atoms with Crippen molar-refractivity contribution >= 4 is 26.9 Å². The molecule has 2 aromatic carbocycles. The molecule has 0 N–H and O–H groups in total. The number of aromatic nitrogens is 1. The summed E-state index contributed by atoms with van der Waals surface area (Å²) >= 11 is 0. The van der Waals surface area contributed by atoms with Gasteiger partial charge in [-0.05, 0) is 36.4 Å². The summed E-state index contributed by atoms with van der Waals surface area (Å²) < 4.78 is 35.9. The number of para-hydroxylation sites is 1. The highest BCUT2D eigenvalue weighted by atomic mass is 32.2. The van der Waals surface area contributed by atoms with Gasteiger partial charge in [0, 0.05) is 31.6 Å². The third-order valence-electron chi connectivity index (χ3n) is 4.46. The summed E-state index contributed by atoms with van der Waals surface area (Å²) in [5, 5.41) is 1.06. The van der Waals surface area contributed by atoms with Crippen LogP contribution in [0.2, 0.25) is 0 Å². The zero-order chi connectivity index (χ0) is 21.6. The third-order valence-corrected chi connectivity index (χ3v) is 6.29. The Kier molecular flexibility index (Phi) is 7.02. The van der Waals surface area contributed by atoms with Crippen LogP contribution in [0.3, 0.4) is 0 Å². The van der Waals surface area contributed by atoms with E-state index in [2.05, 4.69) is 4.98 Å². The van der Waals surface area contributed by atoms with Gasteiger partial charge in [0.15, 0.2) is 0 Å². The molecule has 0 aliphatic carbocycles. The lowest BCUT2D eigenvalue weighted by Crippen LogP contribution is -2.22. The molecular weight excluding hydrogens is 404 g/mol. The summed E-state index contributed by atoms with van der Waals surface area (Å²) in [5.74, 6) is 0.185. The number of aryl methyl sites for hydroxylation is 1. The highest BCUT2D eigenvalue weighted by Crippen LogP contribution is 2.18. The normalized spacial score (nSPS) is 11.6. The fourth-order valence-corrected chi connectivity index (χ4v) is 3.69. The first-order chi connectivity index (χ1) is 14.4. The first kappa shape index (κ1) is 21.7. The largest absolute Gasteiger partial charge is 0.490 e. The minimum absolute atomic E-state index is 0.113. The number of nitrogens with zero attached hydrogens (tertiary/aromatic N) is 2. The maximum atomic E-state index is 12.0. The Bertz CT molecular complexity index is 1110. The topological polar surface area (TPSA) is 85.8 Å². The molecule has 158 valence electrons. The molecular formula is C22H24N2O5S. The molecule has 1 heterocycles. The zero-order valence-corrected chi connectivity index (χ0v) is 17.8. The number of rotatable bonds is 9. The Morgan fingerprint density at radius 1 is 0.967 bits per heavy atom. The van der Waals surface area contributed by atoms with Gasteiger partial charge in [0.1, 0.15) is 19.0 Å². The minimum Gasteiger partial charge on any atom is -0.490 e. The molecule has 0 unspecified atom stereocenters. The van der Waals surface area contributed by atoms with Gasteiger partial charge >= 0.3 is 5.97 Å². The van der Waals surface area contributed by atoms with E-state index in [9.17, 15) is 13.2 Å². The van der Waals surface area contributed by atoms with Gasteiger partial charge in [-0.25, -0.2) is 12.7 Å². The molecule has 7 nitrogen and oxygen atoms in total. The summed E-state index contributed by atoms with van der Waals surface area (Å²) in [6.07, 6.45) is 0.745. The second-order valence-electron chi connectivity index (χ2n) is 6.82. The number of ether oxygens (including phenoxy) is 2. The van der Waals surface area contributed by atoms with Crippen LogP contribution in [0.25, 0.3) is 10.9 Å². The summed E-state index contributed by atoms with van der Waals surface area (Å²) in [6.45, 7) is 0.293. The van der Waals surface area contributed by atoms with Crippen molar-refractivity contribution in [2.75, 3.05) is 27.3 Å². The van der Waals surface area contributed by atoms with Crippen LogP contribution < -0.4 is 4.74 Å². The van der Waals surface area contributed by atoms with Crippen molar-refractivity contribution in [3.05, 3.63) is 66.4 Å². The summed E-state index contributed by atoms with van der Waals surface area (Å²) in [7, 11) is -0.516. The number of carbonyl (C=O) groups is 1. The lowest BCUT2D eigenvalue weighted by atomic mass is 10.1. The first-order valence-corrected chi connectivity index (χ1v) is 11.0. The molecule has 8 heteroatoms. The molecule has 0 fully saturated rings. The Morgan fingerprint density at radius 3 is 2.43 bits per heavy atom. The van der Waals surface area contributed by atoms with Crippen molar-refractivity contribution in [1.29, 1.82) is 0 Å². The molecule has 0 amide bonds. The van der Waals surface area contributed by atoms with E-state index in [4.69, 9.17) is 9.47 Å². The molecule has 0 aliphatic heterocycles. The van der Waals surface area contributed by atoms with Gasteiger partial charge in [-0.2, -0.15) is 0 Å². The van der Waals surface area contributed by atoms with E-state index in [0.717, 1.165) is 20.9 Å². The van der Waals surface area contributed by atoms with Crippen LogP contribution in [0, 0.1) is 0 Å². The van der Waals surface area contributed by atoms with E-state index in [1.54, 1.807) is 12.1 Å². The van der Waals surface area contributed by atoms with Crippen LogP contribution in [-0.4, -0.2) is 51.0 Å². The number of carbonyl (C=O) groups excluding carboxylic acids is 1. The number of sulfonamides is 1. The number of benzene rings is 2. The predicted octanol–water partition coefficient (Wildman–Crippen LogP) is 3.04. The molecule has 0 bridgehead atoms. The van der Waals surface area contributed by atoms with Crippen LogP contribution in [0.15, 0.2) is 65.6 Å². The number of fused-ring (bicyclic) bond motifs is 1. The van der Waals surface area contributed by atoms with Gasteiger partial charge < -0.3 is 9.47 Å². The van der Waals surface area contributed by atoms with Crippen molar-refractivity contribution in [2.24, 2.45) is 0 Å². The van der Waals surface area contributed by atoms with Crippen LogP contribution >= 0.6 is 0 Å². The van der Waals surface area contributed by atoms with Crippen molar-refractivity contribution in [1.82, 2.24) is 9.29 Å². The van der Waals surface area contributed by atoms with Crippen molar-refractivity contribution in [3.8, 4) is 5.75 Å². The van der Waals surface area contributed by atoms with Gasteiger partial charge in [0.25, 0.3) is 0 Å². The Hall–Kier alpha value is -2.97. The zero-order valence-electron chi connectivity index (χ0n) is 16.9. The average Bonchev–Trinajstić information content (AvgIpc) is 2.75. The Labute approximate surface area is 176 Å². The monoisotopic (exact) mass is 428 g/mol. The lowest BCUT2D eigenvalue weighted by Gasteiger charge is -2.12. The third kappa shape index (κ3) is 5.55. The van der Waals surface area contributed by atoms with E-state index < -0.39 is 10.0 Å². The van der Waals surface area contributed by atoms with Gasteiger partial charge in [-0.15, -0.1) is 0 Å². The quantitative estimate of drug-likeness (QED) is 0.385. The van der Waals surface area contributed by atoms with Crippen LogP contribution in [0.5, 0.6) is 5.75 Å². The van der Waals surface area contributed by atoms with Gasteiger partial charge in [0.05, 0.1) is 16.8 Å². The molecule has 30 heavy (non-hydrogen) atoms. The Balaban J connectivity index is 1.40. The van der Waals surface area contributed by atoms with Crippen molar-refractivity contribution < 1.29 is 22.7 Å². The number of hydrogen-bond donors (Lipinski definition) is 0. The van der Waals surface area contributed by atoms with Gasteiger partial charge in [-0.3, -0.25) is 9.78 Å². The SMILES string of the molecule is CN(C)S(=O)(=O)c1ccc(OCCOC(=O)CCc2ccc3ccccc3n2)cc1. The van der Waals surface area contributed by atoms with Crippen LogP contribution in [0.4, 0.5) is 0 Å². The number of esters is 1. The smallest absolute Gasteiger partial charge is 0.306 e. The molecule has 0 atom stereocenters. The lowest BCUT2D eigenvalue weighted by molar-refractivity contribution is -0.144. The van der Waals surface area contributed by atoms with E-state index in [0.29, 0.717) is 12.2 Å². The van der Waals surface area contributed by atoms with Crippen molar-refractivity contribution in [3.63, 3.8) is 0 Å². The number of pyridine rings is 1. The van der Waals surface area contributed by atoms with E-state index in [1.807, 2.05) is 36.4 Å². The fraction of sp³-hybridized carbons (Fsp3) is 0.273. The Morgan fingerprint density at radius 2 is 1.70 bits per heavy atom. The molecule has 0 saturated heterocycles. The highest BCUT2D eigenvalue weighted by Gasteiger charge is 2.16. The predicted molar refractivity (Wildman–Crippen MR) is 114 cm³/mol. The second-order valence-corrected chi connectivity index (χ2v) is 8.97. The number of hydrogen-bond acceptors (Lipinski definition) is 6. The molecule has 0 radical (unpaired) electrons. The van der Waals surface area contributed by atoms with Crippen LogP contribution in [0.1, 0.15) is 12.1 Å². The molecule has 0 spiro atoms. The fourth-order valence-electron chi connectivity index (χ4n) is 2.78. The highest BCUT2D eigenvalue weighted by molar-refractivity contribution is 7.89. The maximum absolute atomic E-state index is 12.0. The molecule has 0 saturated carbocycles. The standard InChI is InChI=1S/C22H24N2O5S/c1-24(2)30(26,27)20-12-10-19(11-13-20)28-15-16-29-22(25)14-9-18-8-7-17-5-3-4-6-21(17)23-18/h3-8,10-13H,9,14-16H2,1-2H3. The van der Waals surface area contributed by atoms with E-state index in [-0.39, 0.29) is 30.5 Å². The molecule has 1 aromatic heterocycles. The molecule has 3 aromatic rings. The average molecular weight is 429 g/mol. The molecule has 3 rings (SSSR count). The molecule has 0 aliphatic rings. The van der Waals surface area contributed by atoms with E-state index in [1.165, 1.54) is 26.2 Å². The van der Waals surface area contributed by atoms with Gasteiger partial charge in [0.2, 0.25) is 10.0 Å². The van der Waals surface area contributed by atoms with Crippen molar-refractivity contribution in [2.45, 2.75) is 17.7 Å². The second kappa shape index (κ2) is 9.69. The first-order valence-electron chi connectivity index (χ1n) is 9.52. The summed E-state index contributed by atoms with van der Waals surface area (Å²) in [4.78, 5) is 16.7. The summed E-state index contributed by atoms with van der Waals surface area (Å²) in [6, 6.07) is 17.8. The summed E-state index contributed by atoms with van der Waals surface area (Å²) in [5.41, 5.74) is 1.75. The van der Waals surface area contributed by atoms with E-state index >= 15 is 0 Å². The van der Waals surface area contributed by atoms with Gasteiger partial charge in [-0.1, -0.05) is 24.3 Å².